The van der Waals surface area contributed by atoms with E-state index in [2.05, 4.69) is 16.9 Å². The number of hydrogen-bond acceptors (Lipinski definition) is 4. The van der Waals surface area contributed by atoms with Crippen molar-refractivity contribution in [2.24, 2.45) is 7.05 Å². The van der Waals surface area contributed by atoms with Gasteiger partial charge in [-0.1, -0.05) is 0 Å². The molecule has 0 bridgehead atoms. The summed E-state index contributed by atoms with van der Waals surface area (Å²) in [6, 6.07) is 0. The largest absolute Gasteiger partial charge is 0.390 e. The molecule has 2 saturated heterocycles. The topological polar surface area (TPSA) is 50.5 Å². The molecule has 3 heterocycles. The summed E-state index contributed by atoms with van der Waals surface area (Å²) in [5, 5.41) is 14.6. The quantitative estimate of drug-likeness (QED) is 0.885. The third-order valence-corrected chi connectivity index (χ3v) is 5.05. The summed E-state index contributed by atoms with van der Waals surface area (Å²) in [7, 11) is 1.98. The van der Waals surface area contributed by atoms with Gasteiger partial charge in [-0.15, -0.1) is 0 Å². The summed E-state index contributed by atoms with van der Waals surface area (Å²) in [6.45, 7) is 5.85. The van der Waals surface area contributed by atoms with Crippen molar-refractivity contribution in [2.45, 2.75) is 50.9 Å². The van der Waals surface area contributed by atoms with Gasteiger partial charge in [0.2, 0.25) is 0 Å². The Balaban J connectivity index is 1.60. The van der Waals surface area contributed by atoms with E-state index in [4.69, 9.17) is 4.74 Å². The Hall–Kier alpha value is -0.910. The molecule has 3 rings (SSSR count). The van der Waals surface area contributed by atoms with Gasteiger partial charge in [0.25, 0.3) is 0 Å². The SMILES string of the molecule is Cc1c(CN2CCC3(CC2)OCCC[C@H]3O)cnn1C. The second-order valence-electron chi connectivity index (χ2n) is 6.23. The van der Waals surface area contributed by atoms with Crippen molar-refractivity contribution >= 4 is 0 Å². The fourth-order valence-corrected chi connectivity index (χ4v) is 3.42. The van der Waals surface area contributed by atoms with Crippen LogP contribution in [-0.2, 0) is 18.3 Å². The van der Waals surface area contributed by atoms with Crippen molar-refractivity contribution in [3.63, 3.8) is 0 Å². The van der Waals surface area contributed by atoms with Crippen molar-refractivity contribution < 1.29 is 9.84 Å². The zero-order chi connectivity index (χ0) is 14.2. The van der Waals surface area contributed by atoms with Crippen LogP contribution in [0.5, 0.6) is 0 Å². The molecule has 0 radical (unpaired) electrons. The number of aromatic nitrogens is 2. The molecule has 20 heavy (non-hydrogen) atoms. The van der Waals surface area contributed by atoms with Gasteiger partial charge in [-0.25, -0.2) is 0 Å². The number of ether oxygens (including phenoxy) is 1. The average Bonchev–Trinajstić information content (AvgIpc) is 2.77. The maximum atomic E-state index is 10.3. The molecule has 0 aromatic carbocycles. The van der Waals surface area contributed by atoms with Crippen LogP contribution in [0, 0.1) is 6.92 Å². The third kappa shape index (κ3) is 2.50. The molecule has 2 aliphatic heterocycles. The van der Waals surface area contributed by atoms with Crippen LogP contribution in [0.25, 0.3) is 0 Å². The van der Waals surface area contributed by atoms with Crippen molar-refractivity contribution in [1.29, 1.82) is 0 Å². The number of hydrogen-bond donors (Lipinski definition) is 1. The van der Waals surface area contributed by atoms with Crippen LogP contribution in [0.15, 0.2) is 6.20 Å². The molecule has 112 valence electrons. The smallest absolute Gasteiger partial charge is 0.0964 e. The predicted molar refractivity (Wildman–Crippen MR) is 76.4 cm³/mol. The highest BCUT2D eigenvalue weighted by molar-refractivity contribution is 5.15. The molecule has 5 heteroatoms. The number of aliphatic hydroxyl groups is 1. The minimum Gasteiger partial charge on any atom is -0.390 e. The molecule has 0 amide bonds. The standard InChI is InChI=1S/C15H25N3O2/c1-12-13(10-16-17(12)2)11-18-7-5-15(6-8-18)14(19)4-3-9-20-15/h10,14,19H,3-9,11H2,1-2H3/t14-/m1/s1. The highest BCUT2D eigenvalue weighted by Crippen LogP contribution is 2.35. The predicted octanol–water partition coefficient (Wildman–Crippen LogP) is 1.23. The zero-order valence-electron chi connectivity index (χ0n) is 12.5. The van der Waals surface area contributed by atoms with Gasteiger partial charge in [-0.05, 0) is 32.6 Å². The molecule has 2 aliphatic rings. The van der Waals surface area contributed by atoms with Gasteiger partial charge in [-0.2, -0.15) is 5.10 Å². The summed E-state index contributed by atoms with van der Waals surface area (Å²) >= 11 is 0. The van der Waals surface area contributed by atoms with E-state index in [-0.39, 0.29) is 11.7 Å². The van der Waals surface area contributed by atoms with Gasteiger partial charge in [0.15, 0.2) is 0 Å². The van der Waals surface area contributed by atoms with Crippen LogP contribution < -0.4 is 0 Å². The molecule has 1 N–H and O–H groups in total. The van der Waals surface area contributed by atoms with Gasteiger partial charge >= 0.3 is 0 Å². The first-order valence-corrected chi connectivity index (χ1v) is 7.62. The fraction of sp³-hybridized carbons (Fsp3) is 0.800. The summed E-state index contributed by atoms with van der Waals surface area (Å²) < 4.78 is 7.88. The lowest BCUT2D eigenvalue weighted by molar-refractivity contribution is -0.177. The van der Waals surface area contributed by atoms with Crippen LogP contribution in [0.2, 0.25) is 0 Å². The molecule has 1 aromatic rings. The van der Waals surface area contributed by atoms with Gasteiger partial charge in [0.1, 0.15) is 0 Å². The van der Waals surface area contributed by atoms with E-state index < -0.39 is 0 Å². The Kier molecular flexibility index (Phi) is 3.84. The molecule has 1 aromatic heterocycles. The van der Waals surface area contributed by atoms with Gasteiger partial charge in [0, 0.05) is 44.5 Å². The average molecular weight is 279 g/mol. The van der Waals surface area contributed by atoms with E-state index in [1.165, 1.54) is 11.3 Å². The van der Waals surface area contributed by atoms with Gasteiger partial charge in [0.05, 0.1) is 17.9 Å². The van der Waals surface area contributed by atoms with Crippen molar-refractivity contribution in [3.05, 3.63) is 17.5 Å². The van der Waals surface area contributed by atoms with Gasteiger partial charge in [-0.3, -0.25) is 9.58 Å². The van der Waals surface area contributed by atoms with E-state index in [0.29, 0.717) is 0 Å². The third-order valence-electron chi connectivity index (χ3n) is 5.05. The molecule has 0 aliphatic carbocycles. The second kappa shape index (κ2) is 5.47. The first-order valence-electron chi connectivity index (χ1n) is 7.62. The highest BCUT2D eigenvalue weighted by Gasteiger charge is 2.43. The molecule has 0 unspecified atom stereocenters. The molecule has 0 saturated carbocycles. The van der Waals surface area contributed by atoms with Crippen molar-refractivity contribution in [3.8, 4) is 0 Å². The lowest BCUT2D eigenvalue weighted by Crippen LogP contribution is -2.55. The molecule has 5 nitrogen and oxygen atoms in total. The lowest BCUT2D eigenvalue weighted by atomic mass is 9.82. The molecule has 2 fully saturated rings. The second-order valence-corrected chi connectivity index (χ2v) is 6.23. The van der Waals surface area contributed by atoms with E-state index >= 15 is 0 Å². The van der Waals surface area contributed by atoms with E-state index in [9.17, 15) is 5.11 Å². The van der Waals surface area contributed by atoms with Crippen LogP contribution in [-0.4, -0.2) is 51.2 Å². The minimum absolute atomic E-state index is 0.265. The maximum Gasteiger partial charge on any atom is 0.0964 e. The number of piperidine rings is 1. The lowest BCUT2D eigenvalue weighted by Gasteiger charge is -2.46. The Morgan fingerprint density at radius 3 is 2.80 bits per heavy atom. The van der Waals surface area contributed by atoms with Crippen LogP contribution in [0.4, 0.5) is 0 Å². The minimum atomic E-state index is -0.279. The first kappa shape index (κ1) is 14.0. The van der Waals surface area contributed by atoms with Crippen molar-refractivity contribution in [2.75, 3.05) is 19.7 Å². The highest BCUT2D eigenvalue weighted by atomic mass is 16.5. The van der Waals surface area contributed by atoms with Gasteiger partial charge < -0.3 is 9.84 Å². The van der Waals surface area contributed by atoms with E-state index in [1.54, 1.807) is 0 Å². The molecule has 1 atom stereocenters. The Bertz CT molecular complexity index is 464. The molecule has 1 spiro atoms. The van der Waals surface area contributed by atoms with Crippen LogP contribution >= 0.6 is 0 Å². The van der Waals surface area contributed by atoms with E-state index in [1.807, 2.05) is 17.9 Å². The summed E-state index contributed by atoms with van der Waals surface area (Å²) in [4.78, 5) is 2.44. The number of aryl methyl sites for hydroxylation is 1. The number of aliphatic hydroxyl groups excluding tert-OH is 1. The zero-order valence-corrected chi connectivity index (χ0v) is 12.5. The normalized spacial score (nSPS) is 27.1. The van der Waals surface area contributed by atoms with Crippen LogP contribution in [0.1, 0.15) is 36.9 Å². The fourth-order valence-electron chi connectivity index (χ4n) is 3.42. The number of rotatable bonds is 2. The summed E-state index contributed by atoms with van der Waals surface area (Å²) in [6.07, 6.45) is 5.44. The Morgan fingerprint density at radius 1 is 1.45 bits per heavy atom. The van der Waals surface area contributed by atoms with Crippen molar-refractivity contribution in [1.82, 2.24) is 14.7 Å². The molecular weight excluding hydrogens is 254 g/mol. The monoisotopic (exact) mass is 279 g/mol. The van der Waals surface area contributed by atoms with E-state index in [0.717, 1.165) is 51.9 Å². The number of nitrogens with zero attached hydrogens (tertiary/aromatic N) is 3. The maximum absolute atomic E-state index is 10.3. The van der Waals surface area contributed by atoms with Crippen LogP contribution in [0.3, 0.4) is 0 Å². The Labute approximate surface area is 120 Å². The summed E-state index contributed by atoms with van der Waals surface area (Å²) in [5.74, 6) is 0. The first-order chi connectivity index (χ1) is 9.61. The molecular formula is C15H25N3O2. The summed E-state index contributed by atoms with van der Waals surface area (Å²) in [5.41, 5.74) is 2.27. The Morgan fingerprint density at radius 2 is 2.20 bits per heavy atom. The number of likely N-dealkylation sites (tertiary alicyclic amines) is 1.